The van der Waals surface area contributed by atoms with Gasteiger partial charge in [0.1, 0.15) is 17.2 Å². The fraction of sp³-hybridized carbons (Fsp3) is 0.375. The molecule has 1 N–H and O–H groups in total. The minimum atomic E-state index is -0.173. The number of fused-ring (bicyclic) bond motifs is 1. The van der Waals surface area contributed by atoms with Crippen LogP contribution in [0, 0.1) is 0 Å². The van der Waals surface area contributed by atoms with Crippen molar-refractivity contribution in [1.82, 2.24) is 9.80 Å². The lowest BCUT2D eigenvalue weighted by Gasteiger charge is -2.34. The van der Waals surface area contributed by atoms with Crippen molar-refractivity contribution in [2.45, 2.75) is 20.4 Å². The molecule has 0 saturated carbocycles. The van der Waals surface area contributed by atoms with Gasteiger partial charge in [-0.25, -0.2) is 0 Å². The van der Waals surface area contributed by atoms with Crippen LogP contribution in [0.2, 0.25) is 0 Å². The standard InChI is InChI=1S/C24H28N2O4/c1-3-25-11-13-26(14-12-25)16-19-20(27)10-9-18-23(28)22(30-24(18)19)15-17-7-5-6-8-21(17)29-4-2/h5-10,15,27H,3-4,11-14,16H2,1-2H3/b22-15-. The number of benzene rings is 2. The molecule has 30 heavy (non-hydrogen) atoms. The number of aromatic hydroxyl groups is 1. The molecule has 1 saturated heterocycles. The molecule has 2 heterocycles. The molecule has 1 fully saturated rings. The Balaban J connectivity index is 1.60. The average Bonchev–Trinajstić information content (AvgIpc) is 3.08. The smallest absolute Gasteiger partial charge is 0.231 e. The number of carbonyl (C=O) groups is 1. The maximum absolute atomic E-state index is 13.0. The minimum absolute atomic E-state index is 0.162. The second-order valence-electron chi connectivity index (χ2n) is 7.56. The van der Waals surface area contributed by atoms with Gasteiger partial charge in [-0.15, -0.1) is 0 Å². The van der Waals surface area contributed by atoms with Gasteiger partial charge < -0.3 is 19.5 Å². The summed E-state index contributed by atoms with van der Waals surface area (Å²) < 4.78 is 11.7. The topological polar surface area (TPSA) is 62.2 Å². The van der Waals surface area contributed by atoms with Crippen LogP contribution in [0.3, 0.4) is 0 Å². The largest absolute Gasteiger partial charge is 0.507 e. The normalized spacial score (nSPS) is 18.5. The summed E-state index contributed by atoms with van der Waals surface area (Å²) >= 11 is 0. The van der Waals surface area contributed by atoms with Crippen molar-refractivity contribution in [3.63, 3.8) is 0 Å². The van der Waals surface area contributed by atoms with Crippen LogP contribution in [0.4, 0.5) is 0 Å². The summed E-state index contributed by atoms with van der Waals surface area (Å²) in [5.41, 5.74) is 1.96. The number of hydrogen-bond donors (Lipinski definition) is 1. The summed E-state index contributed by atoms with van der Waals surface area (Å²) in [6.45, 7) is 10.1. The zero-order valence-electron chi connectivity index (χ0n) is 17.6. The molecule has 0 unspecified atom stereocenters. The summed E-state index contributed by atoms with van der Waals surface area (Å²) in [5.74, 6) is 1.42. The Bertz CT molecular complexity index is 962. The molecular formula is C24H28N2O4. The van der Waals surface area contributed by atoms with Gasteiger partial charge in [-0.1, -0.05) is 25.1 Å². The highest BCUT2D eigenvalue weighted by Crippen LogP contribution is 2.40. The third-order valence-corrected chi connectivity index (χ3v) is 5.72. The van der Waals surface area contributed by atoms with E-state index in [1.54, 1.807) is 18.2 Å². The fourth-order valence-corrected chi connectivity index (χ4v) is 3.96. The molecule has 2 aromatic rings. The van der Waals surface area contributed by atoms with Gasteiger partial charge in [0.15, 0.2) is 5.76 Å². The highest BCUT2D eigenvalue weighted by Gasteiger charge is 2.32. The van der Waals surface area contributed by atoms with E-state index in [4.69, 9.17) is 9.47 Å². The van der Waals surface area contributed by atoms with E-state index in [0.717, 1.165) is 38.3 Å². The molecule has 2 aromatic carbocycles. The SMILES string of the molecule is CCOc1ccccc1/C=C1\Oc2c(ccc(O)c2CN2CCN(CC)CC2)C1=O. The van der Waals surface area contributed by atoms with Gasteiger partial charge in [0.25, 0.3) is 0 Å². The van der Waals surface area contributed by atoms with Crippen LogP contribution in [0.5, 0.6) is 17.2 Å². The second kappa shape index (κ2) is 8.90. The second-order valence-corrected chi connectivity index (χ2v) is 7.56. The Morgan fingerprint density at radius 3 is 2.53 bits per heavy atom. The monoisotopic (exact) mass is 408 g/mol. The van der Waals surface area contributed by atoms with Crippen molar-refractivity contribution in [1.29, 1.82) is 0 Å². The van der Waals surface area contributed by atoms with Crippen LogP contribution in [0.1, 0.15) is 35.3 Å². The lowest BCUT2D eigenvalue weighted by molar-refractivity contribution is 0.101. The lowest BCUT2D eigenvalue weighted by atomic mass is 10.0. The number of piperazine rings is 1. The third kappa shape index (κ3) is 4.06. The lowest BCUT2D eigenvalue weighted by Crippen LogP contribution is -2.45. The molecule has 158 valence electrons. The van der Waals surface area contributed by atoms with Crippen LogP contribution >= 0.6 is 0 Å². The molecule has 2 aliphatic rings. The van der Waals surface area contributed by atoms with Gasteiger partial charge in [-0.05, 0) is 37.7 Å². The van der Waals surface area contributed by atoms with E-state index in [9.17, 15) is 9.90 Å². The maximum Gasteiger partial charge on any atom is 0.231 e. The summed E-state index contributed by atoms with van der Waals surface area (Å²) in [6.07, 6.45) is 1.72. The number of allylic oxidation sites excluding steroid dienone is 1. The molecule has 2 aliphatic heterocycles. The number of Topliss-reactive ketones (excluding diaryl/α,β-unsaturated/α-hetero) is 1. The van der Waals surface area contributed by atoms with Crippen LogP contribution in [-0.2, 0) is 6.54 Å². The van der Waals surface area contributed by atoms with E-state index in [-0.39, 0.29) is 17.3 Å². The average molecular weight is 408 g/mol. The summed E-state index contributed by atoms with van der Waals surface area (Å²) in [7, 11) is 0. The Labute approximate surface area is 177 Å². The number of ketones is 1. The first kappa shape index (κ1) is 20.4. The molecule has 6 heteroatoms. The maximum atomic E-state index is 13.0. The number of rotatable bonds is 6. The minimum Gasteiger partial charge on any atom is -0.507 e. The van der Waals surface area contributed by atoms with Crippen molar-refractivity contribution in [3.8, 4) is 17.2 Å². The molecule has 0 radical (unpaired) electrons. The molecule has 0 amide bonds. The fourth-order valence-electron chi connectivity index (χ4n) is 3.96. The zero-order chi connectivity index (χ0) is 21.1. The number of nitrogens with zero attached hydrogens (tertiary/aromatic N) is 2. The number of carbonyl (C=O) groups excluding carboxylic acids is 1. The summed E-state index contributed by atoms with van der Waals surface area (Å²) in [5, 5.41) is 10.5. The Kier molecular flexibility index (Phi) is 6.06. The first-order chi connectivity index (χ1) is 14.6. The molecule has 0 bridgehead atoms. The van der Waals surface area contributed by atoms with Gasteiger partial charge in [-0.2, -0.15) is 0 Å². The quantitative estimate of drug-likeness (QED) is 0.738. The first-order valence-corrected chi connectivity index (χ1v) is 10.6. The predicted molar refractivity (Wildman–Crippen MR) is 116 cm³/mol. The van der Waals surface area contributed by atoms with Crippen molar-refractivity contribution in [3.05, 3.63) is 58.8 Å². The van der Waals surface area contributed by atoms with E-state index >= 15 is 0 Å². The van der Waals surface area contributed by atoms with Crippen molar-refractivity contribution < 1.29 is 19.4 Å². The zero-order valence-corrected chi connectivity index (χ0v) is 17.6. The number of phenolic OH excluding ortho intramolecular Hbond substituents is 1. The van der Waals surface area contributed by atoms with E-state index < -0.39 is 0 Å². The van der Waals surface area contributed by atoms with Gasteiger partial charge in [0.2, 0.25) is 5.78 Å². The molecule has 0 atom stereocenters. The predicted octanol–water partition coefficient (Wildman–Crippen LogP) is 3.54. The van der Waals surface area contributed by atoms with Crippen LogP contribution < -0.4 is 9.47 Å². The third-order valence-electron chi connectivity index (χ3n) is 5.72. The Hall–Kier alpha value is -2.83. The molecule has 6 nitrogen and oxygen atoms in total. The summed E-state index contributed by atoms with van der Waals surface area (Å²) in [4.78, 5) is 17.7. The molecular weight excluding hydrogens is 380 g/mol. The Morgan fingerprint density at radius 1 is 1.07 bits per heavy atom. The van der Waals surface area contributed by atoms with Crippen molar-refractivity contribution in [2.75, 3.05) is 39.3 Å². The van der Waals surface area contributed by atoms with Crippen LogP contribution in [-0.4, -0.2) is 60.0 Å². The summed E-state index contributed by atoms with van der Waals surface area (Å²) in [6, 6.07) is 10.8. The number of ether oxygens (including phenoxy) is 2. The van der Waals surface area contributed by atoms with E-state index in [1.165, 1.54) is 0 Å². The number of hydrogen-bond acceptors (Lipinski definition) is 6. The van der Waals surface area contributed by atoms with Crippen molar-refractivity contribution in [2.24, 2.45) is 0 Å². The molecule has 4 rings (SSSR count). The van der Waals surface area contributed by atoms with Gasteiger partial charge >= 0.3 is 0 Å². The molecule has 0 spiro atoms. The van der Waals surface area contributed by atoms with Crippen molar-refractivity contribution >= 4 is 11.9 Å². The first-order valence-electron chi connectivity index (χ1n) is 10.6. The van der Waals surface area contributed by atoms with Gasteiger partial charge in [0.05, 0.1) is 17.7 Å². The number of likely N-dealkylation sites (N-methyl/N-ethyl adjacent to an activating group) is 1. The molecule has 0 aliphatic carbocycles. The number of para-hydroxylation sites is 1. The molecule has 0 aromatic heterocycles. The van der Waals surface area contributed by atoms with Crippen LogP contribution in [0.25, 0.3) is 6.08 Å². The number of phenols is 1. The van der Waals surface area contributed by atoms with E-state index in [1.807, 2.05) is 31.2 Å². The highest BCUT2D eigenvalue weighted by atomic mass is 16.5. The van der Waals surface area contributed by atoms with E-state index in [2.05, 4.69) is 16.7 Å². The van der Waals surface area contributed by atoms with Crippen LogP contribution in [0.15, 0.2) is 42.2 Å². The van der Waals surface area contributed by atoms with Gasteiger partial charge in [-0.3, -0.25) is 9.69 Å². The Morgan fingerprint density at radius 2 is 1.80 bits per heavy atom. The van der Waals surface area contributed by atoms with Gasteiger partial charge in [0, 0.05) is 38.3 Å². The highest BCUT2D eigenvalue weighted by molar-refractivity contribution is 6.15. The van der Waals surface area contributed by atoms with E-state index in [0.29, 0.717) is 35.8 Å².